The second-order valence-corrected chi connectivity index (χ2v) is 8.77. The lowest BCUT2D eigenvalue weighted by molar-refractivity contribution is 0.207. The fourth-order valence-corrected chi connectivity index (χ4v) is 6.60. The number of fused-ring (bicyclic) bond motifs is 5. The summed E-state index contributed by atoms with van der Waals surface area (Å²) in [7, 11) is 0. The SMILES string of the molecule is O=S1O[13CH2][13C@@H]2[13C@H]([13CH2]O1)[13C@]1(Cl)[13C](Cl)=[13C](Cl)[13C@@]2(Cl)[13C]1(Cl)Cl. The highest BCUT2D eigenvalue weighted by atomic mass is 35.5. The van der Waals surface area contributed by atoms with Crippen molar-refractivity contribution in [3.05, 3.63) is 10.1 Å². The maximum atomic E-state index is 11.3. The van der Waals surface area contributed by atoms with Crippen LogP contribution in [-0.4, -0.2) is 31.5 Å². The van der Waals surface area contributed by atoms with Crippen molar-refractivity contribution in [3.8, 4) is 0 Å². The molecule has 0 aromatic rings. The van der Waals surface area contributed by atoms with Crippen molar-refractivity contribution < 1.29 is 12.6 Å². The second kappa shape index (κ2) is 4.53. The summed E-state index contributed by atoms with van der Waals surface area (Å²) in [5.41, 5.74) is 0. The lowest BCUT2D eigenvalue weighted by Gasteiger charge is -2.33. The van der Waals surface area contributed by atoms with E-state index in [1.807, 2.05) is 0 Å². The maximum Gasteiger partial charge on any atom is 0.304 e. The van der Waals surface area contributed by atoms with Crippen LogP contribution in [0.3, 0.4) is 0 Å². The average molecular weight is 416 g/mol. The largest absolute Gasteiger partial charge is 0.304 e. The quantitative estimate of drug-likeness (QED) is 0.447. The first-order valence-electron chi connectivity index (χ1n) is 5.19. The van der Waals surface area contributed by atoms with Gasteiger partial charge in [-0.1, -0.05) is 46.4 Å². The molecule has 108 valence electrons. The summed E-state index contributed by atoms with van der Waals surface area (Å²) in [5.74, 6) is -0.911. The zero-order chi connectivity index (χ0) is 14.2. The van der Waals surface area contributed by atoms with Gasteiger partial charge in [-0.05, 0) is 0 Å². The second-order valence-electron chi connectivity index (χ2n) is 4.61. The van der Waals surface area contributed by atoms with Crippen molar-refractivity contribution in [1.82, 2.24) is 0 Å². The molecule has 5 atom stereocenters. The summed E-state index contributed by atoms with van der Waals surface area (Å²) < 4.78 is 19.7. The van der Waals surface area contributed by atoms with Gasteiger partial charge in [-0.3, -0.25) is 8.37 Å². The topological polar surface area (TPSA) is 35.5 Å². The van der Waals surface area contributed by atoms with Gasteiger partial charge in [0.1, 0.15) is 9.75 Å². The predicted octanol–water partition coefficient (Wildman–Crippen LogP) is 3.69. The van der Waals surface area contributed by atoms with Gasteiger partial charge in [-0.25, -0.2) is 0 Å². The summed E-state index contributed by atoms with van der Waals surface area (Å²) in [6.07, 6.45) is 0. The van der Waals surface area contributed by atoms with Gasteiger partial charge in [0.2, 0.25) is 0 Å². The molecule has 0 aromatic heterocycles. The highest BCUT2D eigenvalue weighted by molar-refractivity contribution is 7.75. The van der Waals surface area contributed by atoms with E-state index in [1.165, 1.54) is 0 Å². The Morgan fingerprint density at radius 2 is 1.32 bits per heavy atom. The molecule has 19 heavy (non-hydrogen) atoms. The Morgan fingerprint density at radius 1 is 0.947 bits per heavy atom. The van der Waals surface area contributed by atoms with E-state index in [4.69, 9.17) is 78.0 Å². The van der Waals surface area contributed by atoms with Gasteiger partial charge in [0.25, 0.3) is 0 Å². The van der Waals surface area contributed by atoms with Crippen LogP contribution in [0.1, 0.15) is 0 Å². The summed E-state index contributed by atoms with van der Waals surface area (Å²) >= 11 is 36.4. The Kier molecular flexibility index (Phi) is 3.68. The minimum absolute atomic E-state index is 0.0107. The molecule has 2 fully saturated rings. The van der Waals surface area contributed by atoms with E-state index >= 15 is 0 Å². The van der Waals surface area contributed by atoms with Crippen molar-refractivity contribution in [2.24, 2.45) is 11.8 Å². The van der Waals surface area contributed by atoms with Gasteiger partial charge >= 0.3 is 11.4 Å². The molecule has 0 amide bonds. The monoisotopic (exact) mass is 413 g/mol. The molecule has 1 saturated carbocycles. The molecule has 3 aliphatic rings. The summed E-state index contributed by atoms with van der Waals surface area (Å²) in [6.45, 7) is 0.0215. The van der Waals surface area contributed by atoms with Gasteiger partial charge in [-0.15, -0.1) is 23.2 Å². The Hall–Kier alpha value is 1.55. The van der Waals surface area contributed by atoms with Crippen LogP contribution in [0.4, 0.5) is 0 Å². The molecule has 3 nitrogen and oxygen atoms in total. The first-order chi connectivity index (χ1) is 8.69. The van der Waals surface area contributed by atoms with Crippen molar-refractivity contribution in [3.63, 3.8) is 0 Å². The summed E-state index contributed by atoms with van der Waals surface area (Å²) in [6, 6.07) is 0. The molecule has 0 radical (unpaired) electrons. The van der Waals surface area contributed by atoms with Gasteiger partial charge < -0.3 is 0 Å². The number of halogens is 6. The predicted molar refractivity (Wildman–Crippen MR) is 77.4 cm³/mol. The molecule has 0 spiro atoms. The summed E-state index contributed by atoms with van der Waals surface area (Å²) in [4.78, 5) is -2.78. The normalized spacial score (nSPS) is 52.2. The third-order valence-electron chi connectivity index (χ3n) is 3.94. The minimum Gasteiger partial charge on any atom is -0.268 e. The fraction of sp³-hybridized carbons (Fsp3) is 0.778. The molecule has 1 aliphatic heterocycles. The van der Waals surface area contributed by atoms with E-state index in [2.05, 4.69) is 0 Å². The Morgan fingerprint density at radius 3 is 1.68 bits per heavy atom. The fourth-order valence-electron chi connectivity index (χ4n) is 2.96. The lowest BCUT2D eigenvalue weighted by Crippen LogP contribution is -2.45. The number of rotatable bonds is 0. The van der Waals surface area contributed by atoms with Crippen LogP contribution < -0.4 is 0 Å². The Balaban J connectivity index is 2.19. The van der Waals surface area contributed by atoms with Gasteiger partial charge in [-0.2, -0.15) is 4.21 Å². The third-order valence-corrected chi connectivity index (χ3v) is 8.95. The van der Waals surface area contributed by atoms with Gasteiger partial charge in [0.05, 0.1) is 23.3 Å². The Bertz CT molecular complexity index is 470. The zero-order valence-corrected chi connectivity index (χ0v) is 14.3. The lowest BCUT2D eigenvalue weighted by atomic mass is 10.8. The molecule has 1 saturated heterocycles. The van der Waals surface area contributed by atoms with E-state index in [0.717, 1.165) is 0 Å². The van der Waals surface area contributed by atoms with Crippen LogP contribution in [-0.2, 0) is 19.7 Å². The molecular weight excluding hydrogens is 410 g/mol. The highest BCUT2D eigenvalue weighted by Crippen LogP contribution is 2.76. The zero-order valence-electron chi connectivity index (χ0n) is 8.97. The van der Waals surface area contributed by atoms with Crippen molar-refractivity contribution in [2.75, 3.05) is 13.2 Å². The van der Waals surface area contributed by atoms with Crippen molar-refractivity contribution >= 4 is 81.0 Å². The van der Waals surface area contributed by atoms with Crippen molar-refractivity contribution in [1.29, 1.82) is 0 Å². The third kappa shape index (κ3) is 1.59. The highest BCUT2D eigenvalue weighted by Gasteiger charge is 2.82. The van der Waals surface area contributed by atoms with Crippen LogP contribution in [0.15, 0.2) is 10.1 Å². The van der Waals surface area contributed by atoms with E-state index in [1.54, 1.807) is 0 Å². The van der Waals surface area contributed by atoms with Gasteiger partial charge in [0, 0.05) is 11.8 Å². The molecule has 1 heterocycles. The standard InChI is InChI=1S/C9H6Cl6O3S/c10-5-6(11)8(13)4-2-18-19(16)17-1-3(4)7(5,12)9(8,14)15/h3-4H,1-2H2/t3-,4+,7-,8+,19?/i1+1,2+1,3+1,4+1,5+1,6+1,7+1,8+1,9+1. The molecule has 1 unspecified atom stereocenters. The van der Waals surface area contributed by atoms with Crippen LogP contribution in [0.2, 0.25) is 0 Å². The first-order valence-corrected chi connectivity index (χ1v) is 8.46. The minimum atomic E-state index is -1.86. The Labute approximate surface area is 142 Å². The van der Waals surface area contributed by atoms with E-state index in [9.17, 15) is 4.21 Å². The van der Waals surface area contributed by atoms with E-state index in [0.29, 0.717) is 0 Å². The molecule has 0 aromatic carbocycles. The summed E-state index contributed by atoms with van der Waals surface area (Å²) in [5, 5.41) is 0.210. The van der Waals surface area contributed by atoms with Gasteiger partial charge in [0.15, 0.2) is 4.33 Å². The van der Waals surface area contributed by atoms with Crippen LogP contribution >= 0.6 is 69.6 Å². The van der Waals surface area contributed by atoms with Crippen molar-refractivity contribution in [2.45, 2.75) is 14.1 Å². The average Bonchev–Trinajstić information content (AvgIpc) is 2.54. The molecule has 0 N–H and O–H groups in total. The van der Waals surface area contributed by atoms with E-state index in [-0.39, 0.29) is 23.3 Å². The number of hydrogen-bond donors (Lipinski definition) is 0. The maximum absolute atomic E-state index is 11.3. The molecule has 3 rings (SSSR count). The van der Waals surface area contributed by atoms with Crippen LogP contribution in [0.5, 0.6) is 0 Å². The number of alkyl halides is 4. The molecule has 2 aliphatic carbocycles. The molecule has 2 bridgehead atoms. The van der Waals surface area contributed by atoms with E-state index < -0.39 is 37.3 Å². The smallest absolute Gasteiger partial charge is 0.268 e. The molecule has 10 heteroatoms. The van der Waals surface area contributed by atoms with Crippen LogP contribution in [0.25, 0.3) is 0 Å². The number of hydrogen-bond acceptors (Lipinski definition) is 3. The van der Waals surface area contributed by atoms with Crippen LogP contribution in [0, 0.1) is 11.8 Å². The number of allylic oxidation sites excluding steroid dienone is 2. The molecular formula is C9H6Cl6O3S. The first kappa shape index (κ1) is 15.4.